The van der Waals surface area contributed by atoms with Crippen molar-refractivity contribution in [2.45, 2.75) is 58.3 Å². The summed E-state index contributed by atoms with van der Waals surface area (Å²) in [4.78, 5) is 0. The van der Waals surface area contributed by atoms with Crippen LogP contribution in [-0.2, 0) is 6.42 Å². The predicted molar refractivity (Wildman–Crippen MR) is 96.2 cm³/mol. The van der Waals surface area contributed by atoms with Crippen LogP contribution in [0.15, 0.2) is 48.5 Å². The third-order valence-electron chi connectivity index (χ3n) is 5.22. The van der Waals surface area contributed by atoms with Gasteiger partial charge in [0.25, 0.3) is 0 Å². The van der Waals surface area contributed by atoms with E-state index >= 15 is 0 Å². The number of aryl methyl sites for hydroxylation is 1. The van der Waals surface area contributed by atoms with Crippen LogP contribution in [0.25, 0.3) is 11.1 Å². The average molecular weight is 292 g/mol. The Morgan fingerprint density at radius 1 is 0.773 bits per heavy atom. The van der Waals surface area contributed by atoms with Crippen LogP contribution in [0.2, 0.25) is 0 Å². The van der Waals surface area contributed by atoms with Crippen molar-refractivity contribution in [2.75, 3.05) is 0 Å². The molecule has 1 aliphatic carbocycles. The zero-order chi connectivity index (χ0) is 15.4. The first-order chi connectivity index (χ1) is 10.8. The van der Waals surface area contributed by atoms with Gasteiger partial charge in [0.1, 0.15) is 0 Å². The molecule has 0 nitrogen and oxygen atoms in total. The Balaban J connectivity index is 1.70. The zero-order valence-electron chi connectivity index (χ0n) is 14.0. The minimum absolute atomic E-state index is 0.789. The maximum absolute atomic E-state index is 2.39. The lowest BCUT2D eigenvalue weighted by Gasteiger charge is -2.26. The van der Waals surface area contributed by atoms with Gasteiger partial charge in [0.05, 0.1) is 0 Å². The van der Waals surface area contributed by atoms with E-state index < -0.39 is 0 Å². The second-order valence-electron chi connectivity index (χ2n) is 7.03. The molecule has 0 atom stereocenters. The molecule has 116 valence electrons. The van der Waals surface area contributed by atoms with Crippen LogP contribution in [-0.4, -0.2) is 0 Å². The molecule has 0 heteroatoms. The molecule has 1 saturated carbocycles. The van der Waals surface area contributed by atoms with E-state index in [0.29, 0.717) is 0 Å². The Kier molecular flexibility index (Phi) is 4.97. The molecule has 0 heterocycles. The van der Waals surface area contributed by atoms with Crippen LogP contribution in [0.5, 0.6) is 0 Å². The number of hydrogen-bond acceptors (Lipinski definition) is 0. The topological polar surface area (TPSA) is 0 Å². The highest BCUT2D eigenvalue weighted by molar-refractivity contribution is 5.64. The van der Waals surface area contributed by atoms with Crippen LogP contribution in [0.1, 0.15) is 63.0 Å². The molecule has 0 bridgehead atoms. The van der Waals surface area contributed by atoms with Crippen LogP contribution in [0.3, 0.4) is 0 Å². The zero-order valence-corrected chi connectivity index (χ0v) is 14.0. The second kappa shape index (κ2) is 7.13. The van der Waals surface area contributed by atoms with Gasteiger partial charge in [0.2, 0.25) is 0 Å². The number of benzene rings is 2. The lowest BCUT2D eigenvalue weighted by Crippen LogP contribution is -2.10. The highest BCUT2D eigenvalue weighted by atomic mass is 14.2. The van der Waals surface area contributed by atoms with Crippen molar-refractivity contribution in [2.24, 2.45) is 5.92 Å². The molecule has 0 amide bonds. The lowest BCUT2D eigenvalue weighted by atomic mass is 9.79. The summed E-state index contributed by atoms with van der Waals surface area (Å²) in [7, 11) is 0. The molecule has 2 aromatic carbocycles. The highest BCUT2D eigenvalue weighted by Gasteiger charge is 2.19. The Bertz CT molecular complexity index is 568. The van der Waals surface area contributed by atoms with Gasteiger partial charge in [-0.1, -0.05) is 81.6 Å². The van der Waals surface area contributed by atoms with Crippen LogP contribution < -0.4 is 0 Å². The van der Waals surface area contributed by atoms with E-state index in [1.807, 2.05) is 0 Å². The Morgan fingerprint density at radius 2 is 1.32 bits per heavy atom. The molecule has 22 heavy (non-hydrogen) atoms. The Hall–Kier alpha value is -1.56. The molecule has 1 aliphatic rings. The highest BCUT2D eigenvalue weighted by Crippen LogP contribution is 2.36. The average Bonchev–Trinajstić information content (AvgIpc) is 2.57. The van der Waals surface area contributed by atoms with Crippen molar-refractivity contribution in [1.29, 1.82) is 0 Å². The molecule has 1 fully saturated rings. The molecule has 0 radical (unpaired) electrons. The third kappa shape index (κ3) is 3.61. The monoisotopic (exact) mass is 292 g/mol. The minimum Gasteiger partial charge on any atom is -0.0651 e. The van der Waals surface area contributed by atoms with E-state index in [1.54, 1.807) is 5.56 Å². The maximum Gasteiger partial charge on any atom is -0.0162 e. The Morgan fingerprint density at radius 3 is 1.86 bits per heavy atom. The first kappa shape index (κ1) is 15.3. The number of rotatable bonds is 4. The van der Waals surface area contributed by atoms with Crippen molar-refractivity contribution >= 4 is 0 Å². The molecule has 0 spiro atoms. The molecule has 0 saturated heterocycles. The summed E-state index contributed by atoms with van der Waals surface area (Å²) in [6.45, 7) is 4.63. The molecule has 0 unspecified atom stereocenters. The minimum atomic E-state index is 0.789. The first-order valence-electron chi connectivity index (χ1n) is 8.95. The van der Waals surface area contributed by atoms with Crippen molar-refractivity contribution in [3.8, 4) is 11.1 Å². The summed E-state index contributed by atoms with van der Waals surface area (Å²) >= 11 is 0. The largest absolute Gasteiger partial charge is 0.0651 e. The van der Waals surface area contributed by atoms with Crippen molar-refractivity contribution in [3.05, 3.63) is 59.7 Å². The van der Waals surface area contributed by atoms with E-state index in [0.717, 1.165) is 11.8 Å². The summed E-state index contributed by atoms with van der Waals surface area (Å²) < 4.78 is 0. The van der Waals surface area contributed by atoms with Gasteiger partial charge in [0, 0.05) is 0 Å². The van der Waals surface area contributed by atoms with Crippen LogP contribution >= 0.6 is 0 Å². The SMILES string of the molecule is CCCc1ccc(-c2ccc(C3CCC(C)CC3)cc2)cc1. The van der Waals surface area contributed by atoms with Gasteiger partial charge >= 0.3 is 0 Å². The summed E-state index contributed by atoms with van der Waals surface area (Å²) in [5, 5.41) is 0. The summed E-state index contributed by atoms with van der Waals surface area (Å²) in [6, 6.07) is 18.4. The third-order valence-corrected chi connectivity index (χ3v) is 5.22. The van der Waals surface area contributed by atoms with Crippen LogP contribution in [0, 0.1) is 5.92 Å². The number of hydrogen-bond donors (Lipinski definition) is 0. The lowest BCUT2D eigenvalue weighted by molar-refractivity contribution is 0.348. The molecule has 2 aromatic rings. The van der Waals surface area contributed by atoms with Crippen molar-refractivity contribution < 1.29 is 0 Å². The van der Waals surface area contributed by atoms with E-state index in [1.165, 1.54) is 55.2 Å². The molecule has 0 aliphatic heterocycles. The quantitative estimate of drug-likeness (QED) is 0.595. The van der Waals surface area contributed by atoms with Gasteiger partial charge in [0.15, 0.2) is 0 Å². The van der Waals surface area contributed by atoms with Gasteiger partial charge in [-0.05, 0) is 53.4 Å². The fraction of sp³-hybridized carbons (Fsp3) is 0.455. The maximum atomic E-state index is 2.39. The Labute approximate surface area is 135 Å². The normalized spacial score (nSPS) is 21.7. The summed E-state index contributed by atoms with van der Waals surface area (Å²) in [5.41, 5.74) is 5.66. The fourth-order valence-corrected chi connectivity index (χ4v) is 3.69. The van der Waals surface area contributed by atoms with Crippen LogP contribution in [0.4, 0.5) is 0 Å². The van der Waals surface area contributed by atoms with E-state index in [2.05, 4.69) is 62.4 Å². The van der Waals surface area contributed by atoms with Crippen molar-refractivity contribution in [1.82, 2.24) is 0 Å². The van der Waals surface area contributed by atoms with Gasteiger partial charge < -0.3 is 0 Å². The second-order valence-corrected chi connectivity index (χ2v) is 7.03. The molecule has 0 aromatic heterocycles. The van der Waals surface area contributed by atoms with E-state index in [4.69, 9.17) is 0 Å². The fourth-order valence-electron chi connectivity index (χ4n) is 3.69. The van der Waals surface area contributed by atoms with Gasteiger partial charge in [-0.2, -0.15) is 0 Å². The first-order valence-corrected chi connectivity index (χ1v) is 8.95. The predicted octanol–water partition coefficient (Wildman–Crippen LogP) is 6.60. The van der Waals surface area contributed by atoms with E-state index in [9.17, 15) is 0 Å². The summed E-state index contributed by atoms with van der Waals surface area (Å²) in [5.74, 6) is 1.72. The molecular weight excluding hydrogens is 264 g/mol. The molecule has 3 rings (SSSR count). The molecule has 0 N–H and O–H groups in total. The van der Waals surface area contributed by atoms with E-state index in [-0.39, 0.29) is 0 Å². The summed E-state index contributed by atoms with van der Waals surface area (Å²) in [6.07, 6.45) is 7.92. The van der Waals surface area contributed by atoms with Gasteiger partial charge in [-0.25, -0.2) is 0 Å². The molecular formula is C22H28. The van der Waals surface area contributed by atoms with Gasteiger partial charge in [-0.3, -0.25) is 0 Å². The van der Waals surface area contributed by atoms with Gasteiger partial charge in [-0.15, -0.1) is 0 Å². The van der Waals surface area contributed by atoms with Crippen molar-refractivity contribution in [3.63, 3.8) is 0 Å². The standard InChI is InChI=1S/C22H28/c1-3-4-18-7-11-20(12-8-18)22-15-13-21(14-16-22)19-9-5-17(2)6-10-19/h7-8,11-17,19H,3-6,9-10H2,1-2H3. The smallest absolute Gasteiger partial charge is 0.0162 e.